The second-order valence-electron chi connectivity index (χ2n) is 4.77. The van der Waals surface area contributed by atoms with E-state index in [2.05, 4.69) is 4.72 Å². The largest absolute Gasteiger partial charge is 0.457 e. The Morgan fingerprint density at radius 1 is 1.16 bits per heavy atom. The van der Waals surface area contributed by atoms with Crippen LogP contribution in [0, 0.1) is 0 Å². The molecule has 0 aliphatic heterocycles. The predicted octanol–water partition coefficient (Wildman–Crippen LogP) is 3.78. The van der Waals surface area contributed by atoms with Gasteiger partial charge in [-0.2, -0.15) is 13.2 Å². The van der Waals surface area contributed by atoms with Crippen LogP contribution in [-0.2, 0) is 16.2 Å². The standard InChI is InChI=1S/C15H11ClF3NO4S/c1-20-25(22,23)11-5-6-13(12(8-11)14(16)21)24-10-4-2-3-9(7-10)15(17,18)19/h2-8,20H,1H3. The van der Waals surface area contributed by atoms with Gasteiger partial charge in [0.05, 0.1) is 16.0 Å². The SMILES string of the molecule is CNS(=O)(=O)c1ccc(Oc2cccc(C(F)(F)F)c2)c(C(=O)Cl)c1. The Bertz CT molecular complexity index is 913. The molecule has 0 bridgehead atoms. The zero-order valence-electron chi connectivity index (χ0n) is 12.6. The Kier molecular flexibility index (Phi) is 5.40. The summed E-state index contributed by atoms with van der Waals surface area (Å²) in [5.74, 6) is -0.354. The van der Waals surface area contributed by atoms with Crippen LogP contribution in [0.25, 0.3) is 0 Å². The quantitative estimate of drug-likeness (QED) is 0.784. The number of benzene rings is 2. The van der Waals surface area contributed by atoms with Crippen molar-refractivity contribution in [3.63, 3.8) is 0 Å². The molecule has 0 unspecified atom stereocenters. The maximum Gasteiger partial charge on any atom is 0.416 e. The predicted molar refractivity (Wildman–Crippen MR) is 84.4 cm³/mol. The second-order valence-corrected chi connectivity index (χ2v) is 7.00. The van der Waals surface area contributed by atoms with Crippen LogP contribution < -0.4 is 9.46 Å². The first-order valence-corrected chi connectivity index (χ1v) is 8.53. The van der Waals surface area contributed by atoms with Crippen LogP contribution in [0.5, 0.6) is 11.5 Å². The van der Waals surface area contributed by atoms with Crippen LogP contribution in [0.15, 0.2) is 47.4 Å². The molecule has 10 heteroatoms. The number of carbonyl (C=O) groups is 1. The van der Waals surface area contributed by atoms with Gasteiger partial charge in [0.2, 0.25) is 10.0 Å². The second kappa shape index (κ2) is 7.03. The van der Waals surface area contributed by atoms with Gasteiger partial charge < -0.3 is 4.74 Å². The van der Waals surface area contributed by atoms with Crippen molar-refractivity contribution in [1.29, 1.82) is 0 Å². The molecule has 2 rings (SSSR count). The average Bonchev–Trinajstić information content (AvgIpc) is 2.54. The van der Waals surface area contributed by atoms with Gasteiger partial charge in [-0.25, -0.2) is 13.1 Å². The molecule has 0 atom stereocenters. The summed E-state index contributed by atoms with van der Waals surface area (Å²) in [7, 11) is -2.65. The number of carbonyl (C=O) groups excluding carboxylic acids is 1. The van der Waals surface area contributed by atoms with Crippen LogP contribution in [0.3, 0.4) is 0 Å². The smallest absolute Gasteiger partial charge is 0.416 e. The Morgan fingerprint density at radius 2 is 1.84 bits per heavy atom. The fourth-order valence-corrected chi connectivity index (χ4v) is 2.80. The number of hydrogen-bond acceptors (Lipinski definition) is 4. The molecule has 0 amide bonds. The molecule has 2 aromatic rings. The Hall–Kier alpha value is -2.10. The Balaban J connectivity index is 2.45. The minimum atomic E-state index is -4.56. The summed E-state index contributed by atoms with van der Waals surface area (Å²) in [5, 5.41) is -1.02. The molecule has 0 spiro atoms. The first kappa shape index (κ1) is 19.2. The molecule has 5 nitrogen and oxygen atoms in total. The summed E-state index contributed by atoms with van der Waals surface area (Å²) in [4.78, 5) is 11.3. The fraction of sp³-hybridized carbons (Fsp3) is 0.133. The lowest BCUT2D eigenvalue weighted by Crippen LogP contribution is -2.18. The van der Waals surface area contributed by atoms with Crippen LogP contribution in [0.4, 0.5) is 13.2 Å². The molecule has 0 saturated heterocycles. The summed E-state index contributed by atoms with van der Waals surface area (Å²) in [6.45, 7) is 0. The number of sulfonamides is 1. The molecule has 0 saturated carbocycles. The summed E-state index contributed by atoms with van der Waals surface area (Å²) in [5.41, 5.74) is -1.23. The maximum atomic E-state index is 12.7. The third-order valence-corrected chi connectivity index (χ3v) is 4.75. The third kappa shape index (κ3) is 4.50. The van der Waals surface area contributed by atoms with Gasteiger partial charge in [-0.05, 0) is 55.0 Å². The lowest BCUT2D eigenvalue weighted by Gasteiger charge is -2.12. The zero-order chi connectivity index (χ0) is 18.8. The van der Waals surface area contributed by atoms with E-state index < -0.39 is 27.0 Å². The molecule has 25 heavy (non-hydrogen) atoms. The molecule has 0 aromatic heterocycles. The third-order valence-electron chi connectivity index (χ3n) is 3.13. The normalized spacial score (nSPS) is 12.0. The molecule has 0 heterocycles. The number of halogens is 4. The van der Waals surface area contributed by atoms with Crippen molar-refractivity contribution >= 4 is 26.9 Å². The first-order chi connectivity index (χ1) is 11.5. The van der Waals surface area contributed by atoms with E-state index in [0.717, 1.165) is 36.4 Å². The van der Waals surface area contributed by atoms with E-state index in [4.69, 9.17) is 16.3 Å². The van der Waals surface area contributed by atoms with Gasteiger partial charge in [-0.15, -0.1) is 0 Å². The van der Waals surface area contributed by atoms with Crippen molar-refractivity contribution in [2.24, 2.45) is 0 Å². The van der Waals surface area contributed by atoms with Gasteiger partial charge >= 0.3 is 6.18 Å². The number of nitrogens with one attached hydrogen (secondary N) is 1. The summed E-state index contributed by atoms with van der Waals surface area (Å²) in [6, 6.07) is 7.27. The van der Waals surface area contributed by atoms with E-state index >= 15 is 0 Å². The van der Waals surface area contributed by atoms with Crippen LogP contribution >= 0.6 is 11.6 Å². The van der Waals surface area contributed by atoms with E-state index in [-0.39, 0.29) is 22.0 Å². The molecular formula is C15H11ClF3NO4S. The molecular weight excluding hydrogens is 383 g/mol. The van der Waals surface area contributed by atoms with Gasteiger partial charge in [0.1, 0.15) is 11.5 Å². The topological polar surface area (TPSA) is 72.5 Å². The van der Waals surface area contributed by atoms with Crippen LogP contribution in [0.2, 0.25) is 0 Å². The number of rotatable bonds is 5. The highest BCUT2D eigenvalue weighted by atomic mass is 35.5. The van der Waals surface area contributed by atoms with Gasteiger partial charge in [-0.3, -0.25) is 4.79 Å². The van der Waals surface area contributed by atoms with Crippen molar-refractivity contribution in [1.82, 2.24) is 4.72 Å². The van der Waals surface area contributed by atoms with E-state index in [1.165, 1.54) is 13.1 Å². The Labute approximate surface area is 146 Å². The lowest BCUT2D eigenvalue weighted by molar-refractivity contribution is -0.137. The molecule has 2 aromatic carbocycles. The summed E-state index contributed by atoms with van der Waals surface area (Å²) >= 11 is 5.43. The van der Waals surface area contributed by atoms with Gasteiger partial charge in [0.25, 0.3) is 5.24 Å². The highest BCUT2D eigenvalue weighted by Gasteiger charge is 2.30. The van der Waals surface area contributed by atoms with Crippen LogP contribution in [0.1, 0.15) is 15.9 Å². The summed E-state index contributed by atoms with van der Waals surface area (Å²) < 4.78 is 69.1. The van der Waals surface area contributed by atoms with E-state index in [1.54, 1.807) is 0 Å². The van der Waals surface area contributed by atoms with Crippen molar-refractivity contribution < 1.29 is 31.1 Å². The monoisotopic (exact) mass is 393 g/mol. The highest BCUT2D eigenvalue weighted by molar-refractivity contribution is 7.89. The molecule has 0 aliphatic rings. The molecule has 0 fully saturated rings. The van der Waals surface area contributed by atoms with Crippen molar-refractivity contribution in [3.8, 4) is 11.5 Å². The minimum Gasteiger partial charge on any atom is -0.457 e. The number of ether oxygens (including phenoxy) is 1. The molecule has 134 valence electrons. The Morgan fingerprint density at radius 3 is 2.40 bits per heavy atom. The van der Waals surface area contributed by atoms with Gasteiger partial charge in [0.15, 0.2) is 0 Å². The maximum absolute atomic E-state index is 12.7. The average molecular weight is 394 g/mol. The highest BCUT2D eigenvalue weighted by Crippen LogP contribution is 2.34. The molecule has 0 aliphatic carbocycles. The van der Waals surface area contributed by atoms with Gasteiger partial charge in [-0.1, -0.05) is 6.07 Å². The number of alkyl halides is 3. The van der Waals surface area contributed by atoms with E-state index in [9.17, 15) is 26.4 Å². The van der Waals surface area contributed by atoms with Gasteiger partial charge in [0, 0.05) is 0 Å². The van der Waals surface area contributed by atoms with Crippen molar-refractivity contribution in [3.05, 3.63) is 53.6 Å². The number of hydrogen-bond donors (Lipinski definition) is 1. The lowest BCUT2D eigenvalue weighted by atomic mass is 10.2. The van der Waals surface area contributed by atoms with Crippen molar-refractivity contribution in [2.75, 3.05) is 7.05 Å². The van der Waals surface area contributed by atoms with E-state index in [1.807, 2.05) is 0 Å². The minimum absolute atomic E-state index is 0.172. The first-order valence-electron chi connectivity index (χ1n) is 6.67. The fourth-order valence-electron chi connectivity index (χ4n) is 1.90. The van der Waals surface area contributed by atoms with Crippen molar-refractivity contribution in [2.45, 2.75) is 11.1 Å². The molecule has 1 N–H and O–H groups in total. The van der Waals surface area contributed by atoms with Crippen LogP contribution in [-0.4, -0.2) is 20.7 Å². The zero-order valence-corrected chi connectivity index (χ0v) is 14.2. The van der Waals surface area contributed by atoms with E-state index in [0.29, 0.717) is 0 Å². The summed E-state index contributed by atoms with van der Waals surface area (Å²) in [6.07, 6.45) is -4.56. The molecule has 0 radical (unpaired) electrons.